The summed E-state index contributed by atoms with van der Waals surface area (Å²) in [5.74, 6) is 5.76. The van der Waals surface area contributed by atoms with Gasteiger partial charge in [0.2, 0.25) is 0 Å². The van der Waals surface area contributed by atoms with E-state index in [1.54, 1.807) is 6.20 Å². The summed E-state index contributed by atoms with van der Waals surface area (Å²) in [4.78, 5) is 0. The minimum atomic E-state index is -0.145. The molecule has 0 aromatic carbocycles. The summed E-state index contributed by atoms with van der Waals surface area (Å²) in [5, 5.41) is 8.67. The highest BCUT2D eigenvalue weighted by Crippen LogP contribution is 2.31. The van der Waals surface area contributed by atoms with E-state index in [0.717, 1.165) is 21.4 Å². The Morgan fingerprint density at radius 3 is 2.47 bits per heavy atom. The molecule has 2 heterocycles. The maximum Gasteiger partial charge on any atom is 0.0922 e. The van der Waals surface area contributed by atoms with Crippen molar-refractivity contribution in [2.24, 2.45) is 12.9 Å². The lowest BCUT2D eigenvalue weighted by molar-refractivity contribution is 0.474. The van der Waals surface area contributed by atoms with E-state index in [1.165, 1.54) is 0 Å². The number of aromatic nitrogens is 4. The standard InChI is InChI=1S/C12H19BrN6/c1-7(2)19-12(10(13)6-16-19)11(17-14)9-5-15-18(4)8(9)3/h5-7,11,17H,14H2,1-4H3. The quantitative estimate of drug-likeness (QED) is 0.664. The molecule has 0 aliphatic carbocycles. The molecule has 0 amide bonds. The lowest BCUT2D eigenvalue weighted by Crippen LogP contribution is -2.31. The number of nitrogens with zero attached hydrogens (tertiary/aromatic N) is 4. The number of nitrogens with two attached hydrogens (primary N) is 1. The Hall–Kier alpha value is -1.18. The molecule has 1 unspecified atom stereocenters. The summed E-state index contributed by atoms with van der Waals surface area (Å²) < 4.78 is 4.73. The highest BCUT2D eigenvalue weighted by molar-refractivity contribution is 9.10. The van der Waals surface area contributed by atoms with Crippen LogP contribution in [0.4, 0.5) is 0 Å². The summed E-state index contributed by atoms with van der Waals surface area (Å²) in [6, 6.07) is 0.113. The zero-order valence-corrected chi connectivity index (χ0v) is 13.1. The summed E-state index contributed by atoms with van der Waals surface area (Å²) in [7, 11) is 1.92. The van der Waals surface area contributed by atoms with Gasteiger partial charge in [-0.1, -0.05) is 0 Å². The molecule has 2 aromatic rings. The van der Waals surface area contributed by atoms with Crippen molar-refractivity contribution in [3.8, 4) is 0 Å². The summed E-state index contributed by atoms with van der Waals surface area (Å²) in [6.45, 7) is 6.20. The molecule has 0 aliphatic heterocycles. The van der Waals surface area contributed by atoms with Gasteiger partial charge in [-0.25, -0.2) is 5.43 Å². The van der Waals surface area contributed by atoms with Crippen molar-refractivity contribution in [1.29, 1.82) is 0 Å². The monoisotopic (exact) mass is 326 g/mol. The largest absolute Gasteiger partial charge is 0.273 e. The van der Waals surface area contributed by atoms with Crippen LogP contribution < -0.4 is 11.3 Å². The molecule has 3 N–H and O–H groups in total. The van der Waals surface area contributed by atoms with Crippen LogP contribution in [-0.4, -0.2) is 19.6 Å². The molecule has 0 saturated heterocycles. The number of hydrazine groups is 1. The molecule has 6 nitrogen and oxygen atoms in total. The van der Waals surface area contributed by atoms with E-state index >= 15 is 0 Å². The fourth-order valence-electron chi connectivity index (χ4n) is 2.15. The Morgan fingerprint density at radius 1 is 1.32 bits per heavy atom. The van der Waals surface area contributed by atoms with Crippen LogP contribution in [0.3, 0.4) is 0 Å². The van der Waals surface area contributed by atoms with Gasteiger partial charge >= 0.3 is 0 Å². The Morgan fingerprint density at radius 2 is 2.00 bits per heavy atom. The third kappa shape index (κ3) is 2.45. The van der Waals surface area contributed by atoms with Gasteiger partial charge < -0.3 is 0 Å². The van der Waals surface area contributed by atoms with Crippen molar-refractivity contribution in [3.63, 3.8) is 0 Å². The first-order valence-electron chi connectivity index (χ1n) is 6.14. The topological polar surface area (TPSA) is 73.7 Å². The highest BCUT2D eigenvalue weighted by Gasteiger charge is 2.25. The normalized spacial score (nSPS) is 13.2. The first kappa shape index (κ1) is 14.2. The second-order valence-corrected chi connectivity index (χ2v) is 5.68. The maximum atomic E-state index is 5.76. The molecule has 0 radical (unpaired) electrons. The van der Waals surface area contributed by atoms with Gasteiger partial charge in [-0.2, -0.15) is 10.2 Å². The minimum Gasteiger partial charge on any atom is -0.273 e. The van der Waals surface area contributed by atoms with Crippen LogP contribution in [0, 0.1) is 6.92 Å². The van der Waals surface area contributed by atoms with Gasteiger partial charge in [0.15, 0.2) is 0 Å². The van der Waals surface area contributed by atoms with E-state index in [0.29, 0.717) is 0 Å². The Kier molecular flexibility index (Phi) is 4.07. The van der Waals surface area contributed by atoms with Crippen molar-refractivity contribution in [2.75, 3.05) is 0 Å². The van der Waals surface area contributed by atoms with E-state index in [1.807, 2.05) is 29.5 Å². The molecule has 2 rings (SSSR count). The third-order valence-corrected chi connectivity index (χ3v) is 3.91. The summed E-state index contributed by atoms with van der Waals surface area (Å²) in [6.07, 6.45) is 3.63. The first-order valence-corrected chi connectivity index (χ1v) is 6.94. The van der Waals surface area contributed by atoms with Crippen LogP contribution in [0.2, 0.25) is 0 Å². The minimum absolute atomic E-state index is 0.145. The van der Waals surface area contributed by atoms with E-state index < -0.39 is 0 Å². The fourth-order valence-corrected chi connectivity index (χ4v) is 2.65. The summed E-state index contributed by atoms with van der Waals surface area (Å²) >= 11 is 3.55. The number of rotatable bonds is 4. The molecule has 0 spiro atoms. The van der Waals surface area contributed by atoms with Crippen molar-refractivity contribution in [1.82, 2.24) is 25.0 Å². The van der Waals surface area contributed by atoms with Crippen LogP contribution in [0.25, 0.3) is 0 Å². The van der Waals surface area contributed by atoms with Gasteiger partial charge in [0, 0.05) is 24.3 Å². The Labute approximate surface area is 121 Å². The van der Waals surface area contributed by atoms with Gasteiger partial charge in [-0.3, -0.25) is 15.2 Å². The molecule has 2 aromatic heterocycles. The van der Waals surface area contributed by atoms with E-state index in [4.69, 9.17) is 5.84 Å². The SMILES string of the molecule is Cc1c(C(NN)c2c(Br)cnn2C(C)C)cnn1C. The molecular formula is C12H19BrN6. The van der Waals surface area contributed by atoms with Crippen LogP contribution in [0.1, 0.15) is 42.9 Å². The Bertz CT molecular complexity index is 571. The average Bonchev–Trinajstić information content (AvgIpc) is 2.89. The van der Waals surface area contributed by atoms with Crippen molar-refractivity contribution < 1.29 is 0 Å². The van der Waals surface area contributed by atoms with Gasteiger partial charge in [0.25, 0.3) is 0 Å². The number of halogens is 1. The zero-order chi connectivity index (χ0) is 14.2. The van der Waals surface area contributed by atoms with Crippen molar-refractivity contribution in [2.45, 2.75) is 32.9 Å². The van der Waals surface area contributed by atoms with Crippen LogP contribution in [-0.2, 0) is 7.05 Å². The van der Waals surface area contributed by atoms with Crippen molar-refractivity contribution in [3.05, 3.63) is 33.8 Å². The molecule has 0 fully saturated rings. The first-order chi connectivity index (χ1) is 8.97. The molecular weight excluding hydrogens is 308 g/mol. The fraction of sp³-hybridized carbons (Fsp3) is 0.500. The lowest BCUT2D eigenvalue weighted by Gasteiger charge is -2.20. The van der Waals surface area contributed by atoms with Crippen LogP contribution >= 0.6 is 15.9 Å². The number of aryl methyl sites for hydroxylation is 1. The molecule has 19 heavy (non-hydrogen) atoms. The highest BCUT2D eigenvalue weighted by atomic mass is 79.9. The van der Waals surface area contributed by atoms with E-state index in [-0.39, 0.29) is 12.1 Å². The predicted octanol–water partition coefficient (Wildman–Crippen LogP) is 1.82. The number of hydrogen-bond acceptors (Lipinski definition) is 4. The van der Waals surface area contributed by atoms with E-state index in [9.17, 15) is 0 Å². The smallest absolute Gasteiger partial charge is 0.0922 e. The molecule has 0 bridgehead atoms. The van der Waals surface area contributed by atoms with E-state index in [2.05, 4.69) is 45.4 Å². The predicted molar refractivity (Wildman–Crippen MR) is 77.4 cm³/mol. The Balaban J connectivity index is 2.54. The average molecular weight is 327 g/mol. The van der Waals surface area contributed by atoms with Crippen molar-refractivity contribution >= 4 is 15.9 Å². The van der Waals surface area contributed by atoms with Gasteiger partial charge in [0.1, 0.15) is 0 Å². The van der Waals surface area contributed by atoms with Gasteiger partial charge in [0.05, 0.1) is 28.6 Å². The number of nitrogens with one attached hydrogen (secondary N) is 1. The van der Waals surface area contributed by atoms with Gasteiger partial charge in [-0.05, 0) is 36.7 Å². The molecule has 1 atom stereocenters. The molecule has 0 aliphatic rings. The summed E-state index contributed by atoms with van der Waals surface area (Å²) in [5.41, 5.74) is 6.00. The van der Waals surface area contributed by atoms with Gasteiger partial charge in [-0.15, -0.1) is 0 Å². The molecule has 104 valence electrons. The second kappa shape index (κ2) is 5.44. The second-order valence-electron chi connectivity index (χ2n) is 4.82. The molecule has 0 saturated carbocycles. The zero-order valence-electron chi connectivity index (χ0n) is 11.6. The number of hydrogen-bond donors (Lipinski definition) is 2. The molecule has 7 heteroatoms. The maximum absolute atomic E-state index is 5.76. The lowest BCUT2D eigenvalue weighted by atomic mass is 10.1. The third-order valence-electron chi connectivity index (χ3n) is 3.30. The van der Waals surface area contributed by atoms with Crippen LogP contribution in [0.5, 0.6) is 0 Å². The van der Waals surface area contributed by atoms with Crippen LogP contribution in [0.15, 0.2) is 16.9 Å².